The maximum atomic E-state index is 11.7. The van der Waals surface area contributed by atoms with Crippen molar-refractivity contribution in [2.24, 2.45) is 0 Å². The molecule has 0 saturated carbocycles. The van der Waals surface area contributed by atoms with Gasteiger partial charge >= 0.3 is 0 Å². The minimum atomic E-state index is -0.190. The van der Waals surface area contributed by atoms with Crippen LogP contribution in [-0.4, -0.2) is 26.7 Å². The van der Waals surface area contributed by atoms with Crippen molar-refractivity contribution in [1.82, 2.24) is 9.55 Å². The second-order valence-corrected chi connectivity index (χ2v) is 5.59. The molecule has 1 N–H and O–H groups in total. The molecule has 2 heterocycles. The predicted molar refractivity (Wildman–Crippen MR) is 68.7 cm³/mol. The normalized spacial score (nSPS) is 11.1. The van der Waals surface area contributed by atoms with E-state index < -0.39 is 0 Å². The Balaban J connectivity index is 2.66. The molecule has 0 aliphatic rings. The molecule has 2 rings (SSSR count). The molecule has 0 spiro atoms. The number of aromatic hydroxyl groups is 1. The molecule has 0 saturated heterocycles. The second-order valence-electron chi connectivity index (χ2n) is 3.40. The summed E-state index contributed by atoms with van der Waals surface area (Å²) >= 11 is 3.09. The van der Waals surface area contributed by atoms with Crippen LogP contribution in [-0.2, 0) is 6.54 Å². The van der Waals surface area contributed by atoms with E-state index in [0.29, 0.717) is 16.9 Å². The van der Waals surface area contributed by atoms with Crippen LogP contribution in [0.1, 0.15) is 5.01 Å². The number of hydrogen-bond acceptors (Lipinski definition) is 5. The van der Waals surface area contributed by atoms with Gasteiger partial charge in [-0.1, -0.05) is 0 Å². The summed E-state index contributed by atoms with van der Waals surface area (Å²) in [6.07, 6.45) is 1.99. The van der Waals surface area contributed by atoms with E-state index in [0.717, 1.165) is 10.8 Å². The largest absolute Gasteiger partial charge is 0.506 e. The monoisotopic (exact) mass is 256 g/mol. The number of pyridine rings is 1. The first-order valence-electron chi connectivity index (χ1n) is 4.82. The predicted octanol–water partition coefficient (Wildman–Crippen LogP) is 1.84. The van der Waals surface area contributed by atoms with Crippen LogP contribution in [0.2, 0.25) is 0 Å². The van der Waals surface area contributed by atoms with Gasteiger partial charge in [-0.25, -0.2) is 4.98 Å². The van der Waals surface area contributed by atoms with Gasteiger partial charge in [0, 0.05) is 18.4 Å². The van der Waals surface area contributed by atoms with Crippen molar-refractivity contribution < 1.29 is 5.11 Å². The van der Waals surface area contributed by atoms with Crippen LogP contribution in [0, 0.1) is 6.92 Å². The molecule has 6 heteroatoms. The second kappa shape index (κ2) is 4.47. The molecular weight excluding hydrogens is 244 g/mol. The Hall–Kier alpha value is -1.01. The van der Waals surface area contributed by atoms with Gasteiger partial charge in [0.25, 0.3) is 5.56 Å². The average molecular weight is 256 g/mol. The first kappa shape index (κ1) is 11.5. The zero-order chi connectivity index (χ0) is 11.7. The summed E-state index contributed by atoms with van der Waals surface area (Å²) in [6.45, 7) is 2.49. The summed E-state index contributed by atoms with van der Waals surface area (Å²) < 4.78 is 2.31. The highest BCUT2D eigenvalue weighted by Gasteiger charge is 2.12. The Morgan fingerprint density at radius 1 is 1.62 bits per heavy atom. The van der Waals surface area contributed by atoms with E-state index in [9.17, 15) is 9.90 Å². The van der Waals surface area contributed by atoms with Gasteiger partial charge in [0.1, 0.15) is 10.4 Å². The number of thioether (sulfide) groups is 1. The summed E-state index contributed by atoms with van der Waals surface area (Å²) in [7, 11) is 0. The Bertz CT molecular complexity index is 574. The van der Waals surface area contributed by atoms with Gasteiger partial charge in [0.05, 0.1) is 5.01 Å². The van der Waals surface area contributed by atoms with Crippen molar-refractivity contribution in [3.63, 3.8) is 0 Å². The molecule has 0 aliphatic carbocycles. The zero-order valence-corrected chi connectivity index (χ0v) is 10.7. The van der Waals surface area contributed by atoms with E-state index in [1.54, 1.807) is 16.3 Å². The van der Waals surface area contributed by atoms with E-state index in [1.807, 2.05) is 13.2 Å². The van der Waals surface area contributed by atoms with E-state index in [-0.39, 0.29) is 11.3 Å². The third-order valence-corrected chi connectivity index (χ3v) is 3.82. The standard InChI is InChI=1S/C10H12N2O2S2/c1-6-11-10-9(16-6)7(13)5-8(14)12(10)3-4-15-2/h5,13H,3-4H2,1-2H3. The number of thiazole rings is 1. The summed E-state index contributed by atoms with van der Waals surface area (Å²) in [5, 5.41) is 10.5. The minimum absolute atomic E-state index is 0.0333. The van der Waals surface area contributed by atoms with Crippen LogP contribution in [0.15, 0.2) is 10.9 Å². The van der Waals surface area contributed by atoms with E-state index in [1.165, 1.54) is 17.4 Å². The Morgan fingerprint density at radius 2 is 2.38 bits per heavy atom. The highest BCUT2D eigenvalue weighted by molar-refractivity contribution is 7.98. The average Bonchev–Trinajstić information content (AvgIpc) is 2.60. The minimum Gasteiger partial charge on any atom is -0.506 e. The van der Waals surface area contributed by atoms with Crippen LogP contribution in [0.25, 0.3) is 10.3 Å². The number of aromatic nitrogens is 2. The molecule has 0 aromatic carbocycles. The highest BCUT2D eigenvalue weighted by Crippen LogP contribution is 2.28. The van der Waals surface area contributed by atoms with Crippen LogP contribution < -0.4 is 5.56 Å². The van der Waals surface area contributed by atoms with Gasteiger partial charge in [-0.3, -0.25) is 9.36 Å². The number of hydrogen-bond donors (Lipinski definition) is 1. The lowest BCUT2D eigenvalue weighted by Gasteiger charge is -2.05. The molecule has 0 radical (unpaired) electrons. The third-order valence-electron chi connectivity index (χ3n) is 2.25. The van der Waals surface area contributed by atoms with E-state index in [2.05, 4.69) is 4.98 Å². The molecule has 4 nitrogen and oxygen atoms in total. The Kier molecular flexibility index (Phi) is 3.20. The quantitative estimate of drug-likeness (QED) is 0.910. The van der Waals surface area contributed by atoms with Gasteiger partial charge in [-0.2, -0.15) is 11.8 Å². The fraction of sp³-hybridized carbons (Fsp3) is 0.400. The molecular formula is C10H12N2O2S2. The van der Waals surface area contributed by atoms with Gasteiger partial charge in [-0.05, 0) is 13.2 Å². The molecule has 2 aromatic rings. The number of nitrogens with zero attached hydrogens (tertiary/aromatic N) is 2. The molecule has 16 heavy (non-hydrogen) atoms. The van der Waals surface area contributed by atoms with Crippen molar-refractivity contribution in [2.45, 2.75) is 13.5 Å². The molecule has 0 atom stereocenters. The van der Waals surface area contributed by atoms with Crippen LogP contribution >= 0.6 is 23.1 Å². The van der Waals surface area contributed by atoms with Gasteiger partial charge in [-0.15, -0.1) is 11.3 Å². The van der Waals surface area contributed by atoms with E-state index in [4.69, 9.17) is 0 Å². The molecule has 0 aliphatic heterocycles. The maximum Gasteiger partial charge on any atom is 0.255 e. The molecule has 0 amide bonds. The summed E-state index contributed by atoms with van der Waals surface area (Å²) in [4.78, 5) is 16.0. The fourth-order valence-electron chi connectivity index (χ4n) is 1.53. The van der Waals surface area contributed by atoms with Gasteiger partial charge in [0.2, 0.25) is 0 Å². The lowest BCUT2D eigenvalue weighted by Crippen LogP contribution is -2.20. The third kappa shape index (κ3) is 1.94. The first-order chi connectivity index (χ1) is 7.63. The van der Waals surface area contributed by atoms with Crippen molar-refractivity contribution in [1.29, 1.82) is 0 Å². The van der Waals surface area contributed by atoms with Gasteiger partial charge < -0.3 is 5.11 Å². The Labute approximate surface area is 101 Å². The van der Waals surface area contributed by atoms with Crippen molar-refractivity contribution in [3.8, 4) is 5.75 Å². The molecule has 2 aromatic heterocycles. The van der Waals surface area contributed by atoms with Crippen molar-refractivity contribution in [3.05, 3.63) is 21.4 Å². The molecule has 0 unspecified atom stereocenters. The topological polar surface area (TPSA) is 55.1 Å². The zero-order valence-electron chi connectivity index (χ0n) is 9.06. The van der Waals surface area contributed by atoms with Crippen molar-refractivity contribution in [2.75, 3.05) is 12.0 Å². The number of rotatable bonds is 3. The molecule has 86 valence electrons. The molecule has 0 bridgehead atoms. The van der Waals surface area contributed by atoms with Crippen LogP contribution in [0.5, 0.6) is 5.75 Å². The van der Waals surface area contributed by atoms with Gasteiger partial charge in [0.15, 0.2) is 5.65 Å². The molecule has 0 fully saturated rings. The van der Waals surface area contributed by atoms with E-state index >= 15 is 0 Å². The summed E-state index contributed by atoms with van der Waals surface area (Å²) in [6, 6.07) is 1.26. The lowest BCUT2D eigenvalue weighted by molar-refractivity contribution is 0.480. The fourth-order valence-corrected chi connectivity index (χ4v) is 2.73. The smallest absolute Gasteiger partial charge is 0.255 e. The SMILES string of the molecule is CSCCn1c(=O)cc(O)c2sc(C)nc21. The number of fused-ring (bicyclic) bond motifs is 1. The lowest BCUT2D eigenvalue weighted by atomic mass is 10.4. The summed E-state index contributed by atoms with van der Waals surface area (Å²) in [5.74, 6) is 0.891. The highest BCUT2D eigenvalue weighted by atomic mass is 32.2. The number of aryl methyl sites for hydroxylation is 2. The van der Waals surface area contributed by atoms with Crippen LogP contribution in [0.3, 0.4) is 0 Å². The summed E-state index contributed by atoms with van der Waals surface area (Å²) in [5.41, 5.74) is 0.408. The first-order valence-corrected chi connectivity index (χ1v) is 7.03. The Morgan fingerprint density at radius 3 is 3.06 bits per heavy atom. The van der Waals surface area contributed by atoms with Crippen LogP contribution in [0.4, 0.5) is 0 Å². The van der Waals surface area contributed by atoms with Crippen molar-refractivity contribution >= 4 is 33.4 Å². The maximum absolute atomic E-state index is 11.7.